The van der Waals surface area contributed by atoms with Gasteiger partial charge in [-0.2, -0.15) is 0 Å². The maximum atomic E-state index is 5.31. The quantitative estimate of drug-likeness (QED) is 0.169. The smallest absolute Gasteiger partial charge is 0.0730 e. The molecule has 0 amide bonds. The minimum atomic E-state index is 0.479. The van der Waals surface area contributed by atoms with E-state index in [1.807, 2.05) is 22.7 Å². The molecular formula is C38H24N2S2. The van der Waals surface area contributed by atoms with Gasteiger partial charge in [-0.25, -0.2) is 9.97 Å². The maximum absolute atomic E-state index is 5.31. The zero-order valence-corrected chi connectivity index (χ0v) is 24.3. The fraction of sp³-hybridized carbons (Fsp3) is 0.105. The first-order valence-corrected chi connectivity index (χ1v) is 16.3. The molecule has 4 heteroatoms. The van der Waals surface area contributed by atoms with Crippen LogP contribution >= 0.6 is 22.7 Å². The molecule has 2 aliphatic heterocycles. The molecule has 0 unspecified atom stereocenters. The minimum Gasteiger partial charge on any atom is -0.248 e. The van der Waals surface area contributed by atoms with Crippen LogP contribution in [-0.4, -0.2) is 9.97 Å². The van der Waals surface area contributed by atoms with Crippen LogP contribution in [0.5, 0.6) is 0 Å². The van der Waals surface area contributed by atoms with E-state index in [4.69, 9.17) is 9.97 Å². The van der Waals surface area contributed by atoms with Gasteiger partial charge in [-0.05, 0) is 48.2 Å². The van der Waals surface area contributed by atoms with Gasteiger partial charge in [0.25, 0.3) is 0 Å². The maximum Gasteiger partial charge on any atom is 0.0730 e. The lowest BCUT2D eigenvalue weighted by molar-refractivity contribution is 0.562. The highest BCUT2D eigenvalue weighted by molar-refractivity contribution is 7.26. The van der Waals surface area contributed by atoms with Crippen LogP contribution < -0.4 is 0 Å². The van der Waals surface area contributed by atoms with Gasteiger partial charge >= 0.3 is 0 Å². The van der Waals surface area contributed by atoms with E-state index < -0.39 is 0 Å². The fourth-order valence-electron chi connectivity index (χ4n) is 7.43. The van der Waals surface area contributed by atoms with Crippen LogP contribution in [-0.2, 0) is 0 Å². The second-order valence-corrected chi connectivity index (χ2v) is 13.8. The number of nitrogens with zero attached hydrogens (tertiary/aromatic N) is 2. The summed E-state index contributed by atoms with van der Waals surface area (Å²) in [5.74, 6) is 0.959. The van der Waals surface area contributed by atoms with Gasteiger partial charge in [0, 0.05) is 63.7 Å². The van der Waals surface area contributed by atoms with E-state index in [9.17, 15) is 0 Å². The van der Waals surface area contributed by atoms with Crippen molar-refractivity contribution in [1.82, 2.24) is 9.97 Å². The first kappa shape index (κ1) is 23.2. The lowest BCUT2D eigenvalue weighted by Crippen LogP contribution is -2.15. The number of aromatic nitrogens is 2. The van der Waals surface area contributed by atoms with Crippen molar-refractivity contribution < 1.29 is 0 Å². The Hall–Kier alpha value is -4.38. The van der Waals surface area contributed by atoms with Gasteiger partial charge in [-0.15, -0.1) is 22.7 Å². The average Bonchev–Trinajstić information content (AvgIpc) is 3.78. The minimum absolute atomic E-state index is 0.479. The molecule has 0 saturated heterocycles. The predicted molar refractivity (Wildman–Crippen MR) is 178 cm³/mol. The number of rotatable bonds is 0. The molecule has 2 nitrogen and oxygen atoms in total. The molecule has 3 aromatic carbocycles. The van der Waals surface area contributed by atoms with Gasteiger partial charge in [0.15, 0.2) is 0 Å². The van der Waals surface area contributed by atoms with E-state index in [0.29, 0.717) is 11.8 Å². The highest BCUT2D eigenvalue weighted by atomic mass is 32.1. The Balaban J connectivity index is 1.41. The molecule has 42 heavy (non-hydrogen) atoms. The van der Waals surface area contributed by atoms with Crippen LogP contribution in [0.4, 0.5) is 0 Å². The van der Waals surface area contributed by atoms with Crippen LogP contribution in [0.3, 0.4) is 0 Å². The summed E-state index contributed by atoms with van der Waals surface area (Å²) in [6.45, 7) is 0. The third-order valence-electron chi connectivity index (χ3n) is 9.34. The molecule has 3 aliphatic carbocycles. The van der Waals surface area contributed by atoms with Crippen LogP contribution in [0, 0.1) is 0 Å². The number of fused-ring (bicyclic) bond motifs is 18. The third kappa shape index (κ3) is 3.25. The molecule has 10 bridgehead atoms. The van der Waals surface area contributed by atoms with Crippen LogP contribution in [0.1, 0.15) is 35.8 Å². The standard InChI is InChI=1S/C38H24N2S2/c1-3-9-25-23(7-1)29-17-33-27-11-5-6-12-28(27)34(41-33)18-30-24-8-2-4-10-26(24)32(40-30)20-36-38-22-15-13-21(14-16-22)37(38)35(42-36)19-31(25)39-29/h1-13,15,17-22H,14,16H2/t21-,22+. The highest BCUT2D eigenvalue weighted by Crippen LogP contribution is 2.53. The molecule has 0 fully saturated rings. The summed E-state index contributed by atoms with van der Waals surface area (Å²) in [5, 5.41) is 2.52. The molecular weight excluding hydrogens is 549 g/mol. The van der Waals surface area contributed by atoms with Gasteiger partial charge in [-0.1, -0.05) is 84.9 Å². The summed E-state index contributed by atoms with van der Waals surface area (Å²) in [4.78, 5) is 10.6. The van der Waals surface area contributed by atoms with Crippen molar-refractivity contribution in [3.63, 3.8) is 0 Å². The van der Waals surface area contributed by atoms with Gasteiger partial charge in [0.2, 0.25) is 0 Å². The average molecular weight is 573 g/mol. The Labute approximate surface area is 251 Å². The largest absolute Gasteiger partial charge is 0.248 e. The molecule has 3 aromatic heterocycles. The number of hydrogen-bond donors (Lipinski definition) is 0. The van der Waals surface area contributed by atoms with Crippen molar-refractivity contribution in [1.29, 1.82) is 0 Å². The molecule has 11 rings (SSSR count). The van der Waals surface area contributed by atoms with Crippen molar-refractivity contribution in [2.24, 2.45) is 0 Å². The van der Waals surface area contributed by atoms with E-state index >= 15 is 0 Å². The Bertz CT molecular complexity index is 2180. The third-order valence-corrected chi connectivity index (χ3v) is 11.6. The molecule has 0 radical (unpaired) electrons. The van der Waals surface area contributed by atoms with Gasteiger partial charge in [0.1, 0.15) is 0 Å². The number of benzene rings is 3. The molecule has 2 atom stereocenters. The Kier molecular flexibility index (Phi) is 4.74. The summed E-state index contributed by atoms with van der Waals surface area (Å²) >= 11 is 3.75. The SMILES string of the molecule is C1=C[C@H]2CC[C@@H]1c1c2c2cc3nc(cc4sc(cc5nc(cc1s2)-c1ccccc1-5)c1ccccc41)-c1ccccc1-3. The van der Waals surface area contributed by atoms with Crippen molar-refractivity contribution in [2.45, 2.75) is 24.7 Å². The zero-order valence-electron chi connectivity index (χ0n) is 22.7. The Morgan fingerprint density at radius 2 is 0.810 bits per heavy atom. The van der Waals surface area contributed by atoms with Gasteiger partial charge < -0.3 is 0 Å². The lowest BCUT2D eigenvalue weighted by Gasteiger charge is -2.31. The summed E-state index contributed by atoms with van der Waals surface area (Å²) in [7, 11) is 0. The number of hydrogen-bond acceptors (Lipinski definition) is 4. The second kappa shape index (κ2) is 8.57. The van der Waals surface area contributed by atoms with E-state index in [1.165, 1.54) is 75.8 Å². The van der Waals surface area contributed by atoms with E-state index in [-0.39, 0.29) is 0 Å². The van der Waals surface area contributed by atoms with Crippen LogP contribution in [0.25, 0.3) is 74.6 Å². The highest BCUT2D eigenvalue weighted by Gasteiger charge is 2.33. The molecule has 0 spiro atoms. The van der Waals surface area contributed by atoms with Gasteiger partial charge in [0.05, 0.1) is 22.8 Å². The van der Waals surface area contributed by atoms with E-state index in [1.54, 1.807) is 0 Å². The summed E-state index contributed by atoms with van der Waals surface area (Å²) in [6, 6.07) is 35.5. The number of thiophene rings is 2. The molecule has 198 valence electrons. The molecule has 0 N–H and O–H groups in total. The zero-order chi connectivity index (χ0) is 27.4. The van der Waals surface area contributed by atoms with Crippen LogP contribution in [0.15, 0.2) is 109 Å². The van der Waals surface area contributed by atoms with E-state index in [0.717, 1.165) is 22.8 Å². The molecule has 5 heterocycles. The Morgan fingerprint density at radius 1 is 0.452 bits per heavy atom. The van der Waals surface area contributed by atoms with Crippen molar-refractivity contribution in [3.8, 4) is 45.0 Å². The van der Waals surface area contributed by atoms with Crippen molar-refractivity contribution >= 4 is 52.2 Å². The lowest BCUT2D eigenvalue weighted by atomic mass is 9.72. The first-order valence-electron chi connectivity index (χ1n) is 14.6. The van der Waals surface area contributed by atoms with Crippen LogP contribution in [0.2, 0.25) is 0 Å². The summed E-state index contributed by atoms with van der Waals surface area (Å²) in [5.41, 5.74) is 12.1. The summed E-state index contributed by atoms with van der Waals surface area (Å²) in [6.07, 6.45) is 7.35. The van der Waals surface area contributed by atoms with E-state index in [2.05, 4.69) is 109 Å². The van der Waals surface area contributed by atoms with Crippen molar-refractivity contribution in [2.75, 3.05) is 0 Å². The Morgan fingerprint density at radius 3 is 1.21 bits per heavy atom. The monoisotopic (exact) mass is 572 g/mol. The summed E-state index contributed by atoms with van der Waals surface area (Å²) < 4.78 is 5.17. The number of allylic oxidation sites excluding steroid dienone is 2. The topological polar surface area (TPSA) is 25.8 Å². The normalized spacial score (nSPS) is 17.7. The second-order valence-electron chi connectivity index (χ2n) is 11.6. The van der Waals surface area contributed by atoms with Gasteiger partial charge in [-0.3, -0.25) is 0 Å². The molecule has 5 aliphatic rings. The molecule has 0 saturated carbocycles. The predicted octanol–water partition coefficient (Wildman–Crippen LogP) is 11.1. The first-order chi connectivity index (χ1) is 20.8. The molecule has 6 aromatic rings. The van der Waals surface area contributed by atoms with Crippen molar-refractivity contribution in [3.05, 3.63) is 120 Å². The fourth-order valence-corrected chi connectivity index (χ4v) is 9.90.